The maximum absolute atomic E-state index is 13.2. The van der Waals surface area contributed by atoms with Gasteiger partial charge >= 0.3 is 17.9 Å². The van der Waals surface area contributed by atoms with Gasteiger partial charge in [-0.3, -0.25) is 9.59 Å². The topological polar surface area (TPSA) is 239 Å². The lowest BCUT2D eigenvalue weighted by molar-refractivity contribution is -0.363. The van der Waals surface area contributed by atoms with E-state index in [1.54, 1.807) is 0 Å². The molecule has 7 N–H and O–H groups in total. The number of fused-ring (bicyclic) bond motifs is 7. The van der Waals surface area contributed by atoms with E-state index in [9.17, 15) is 50.1 Å². The predicted molar refractivity (Wildman–Crippen MR) is 203 cm³/mol. The fraction of sp³-hybridized carbons (Fsp3) is 0.884. The van der Waals surface area contributed by atoms with Crippen molar-refractivity contribution in [3.63, 3.8) is 0 Å². The molecule has 15 heteroatoms. The Kier molecular flexibility index (Phi) is 11.1. The standard InChI is InChI=1S/C43H66O15/c1-20-26(44)27(45)28(46)34(55-20)57-31-29(47)32(33(49)50)58-35(30(31)48)56-25-12-13-40(5)23(38(25,2)3)11-14-42(7)24(40)10-9-21-22-19-39(4,37(53)54-8)15-17-43(22,36(51)52)18-16-41(21,42)6/h9,20,22-32,34-35,44-48H,10-19H2,1-8H3,(H,49,50)(H,51,52)/t20-,22-,23-,24+,25-,26-,27+,28+,29-,30+,31-,32-,34-,35+,39-,40-,41+,42+,43-/m0/s1. The van der Waals surface area contributed by atoms with E-state index in [-0.39, 0.29) is 40.0 Å². The zero-order valence-corrected chi connectivity index (χ0v) is 35.1. The molecule has 0 spiro atoms. The number of allylic oxidation sites excluding steroid dienone is 2. The number of carbonyl (C=O) groups is 3. The largest absolute Gasteiger partial charge is 0.481 e. The Morgan fingerprint density at radius 1 is 0.741 bits per heavy atom. The van der Waals surface area contributed by atoms with Gasteiger partial charge in [0.05, 0.1) is 30.1 Å². The summed E-state index contributed by atoms with van der Waals surface area (Å²) < 4.78 is 28.9. The number of carboxylic acid groups (broad SMARTS) is 2. The molecule has 0 aromatic heterocycles. The molecule has 19 atom stereocenters. The zero-order chi connectivity index (χ0) is 42.7. The first-order valence-electron chi connectivity index (χ1n) is 21.2. The molecule has 0 bridgehead atoms. The van der Waals surface area contributed by atoms with Crippen molar-refractivity contribution in [2.75, 3.05) is 7.11 Å². The minimum Gasteiger partial charge on any atom is -0.481 e. The van der Waals surface area contributed by atoms with E-state index in [0.717, 1.165) is 32.1 Å². The maximum Gasteiger partial charge on any atom is 0.335 e. The molecule has 0 radical (unpaired) electrons. The highest BCUT2D eigenvalue weighted by molar-refractivity contribution is 5.80. The minimum atomic E-state index is -1.89. The van der Waals surface area contributed by atoms with Crippen LogP contribution in [0.1, 0.15) is 113 Å². The van der Waals surface area contributed by atoms with Crippen LogP contribution in [0.4, 0.5) is 0 Å². The van der Waals surface area contributed by atoms with Crippen LogP contribution in [0.25, 0.3) is 0 Å². The lowest BCUT2D eigenvalue weighted by Gasteiger charge is -2.71. The van der Waals surface area contributed by atoms with Crippen LogP contribution in [0, 0.1) is 50.2 Å². The van der Waals surface area contributed by atoms with E-state index in [0.29, 0.717) is 32.1 Å². The molecule has 0 amide bonds. The number of carboxylic acids is 2. The number of aliphatic hydroxyl groups excluding tert-OH is 5. The van der Waals surface area contributed by atoms with Gasteiger partial charge in [0.2, 0.25) is 0 Å². The molecule has 2 aliphatic heterocycles. The Hall–Kier alpha value is -2.21. The highest BCUT2D eigenvalue weighted by Gasteiger charge is 2.70. The van der Waals surface area contributed by atoms with Crippen LogP contribution in [0.2, 0.25) is 0 Å². The number of carbonyl (C=O) groups excluding carboxylic acids is 1. The predicted octanol–water partition coefficient (Wildman–Crippen LogP) is 3.16. The van der Waals surface area contributed by atoms with E-state index < -0.39 is 95.7 Å². The van der Waals surface area contributed by atoms with Crippen molar-refractivity contribution in [3.8, 4) is 0 Å². The van der Waals surface area contributed by atoms with Crippen LogP contribution >= 0.6 is 0 Å². The Morgan fingerprint density at radius 2 is 1.40 bits per heavy atom. The Balaban J connectivity index is 1.14. The first kappa shape index (κ1) is 43.9. The van der Waals surface area contributed by atoms with Crippen LogP contribution in [0.15, 0.2) is 11.6 Å². The lowest BCUT2D eigenvalue weighted by atomic mass is 9.33. The number of aliphatic carboxylic acids is 2. The maximum atomic E-state index is 13.2. The number of ether oxygens (including phenoxy) is 5. The third-order valence-corrected chi connectivity index (χ3v) is 17.6. The second-order valence-corrected chi connectivity index (χ2v) is 20.6. The van der Waals surface area contributed by atoms with Crippen LogP contribution < -0.4 is 0 Å². The molecule has 0 aromatic carbocycles. The van der Waals surface area contributed by atoms with Gasteiger partial charge in [-0.1, -0.05) is 46.3 Å². The van der Waals surface area contributed by atoms with Crippen molar-refractivity contribution in [2.24, 2.45) is 50.2 Å². The van der Waals surface area contributed by atoms with E-state index in [4.69, 9.17) is 23.7 Å². The minimum absolute atomic E-state index is 0.142. The Labute approximate surface area is 340 Å². The van der Waals surface area contributed by atoms with Gasteiger partial charge in [-0.15, -0.1) is 0 Å². The molecular weight excluding hydrogens is 756 g/mol. The summed E-state index contributed by atoms with van der Waals surface area (Å²) in [6, 6.07) is 0. The van der Waals surface area contributed by atoms with Crippen LogP contribution in [0.5, 0.6) is 0 Å². The molecule has 15 nitrogen and oxygen atoms in total. The summed E-state index contributed by atoms with van der Waals surface area (Å²) in [4.78, 5) is 38.6. The first-order chi connectivity index (χ1) is 26.9. The quantitative estimate of drug-likeness (QED) is 0.111. The van der Waals surface area contributed by atoms with Gasteiger partial charge in [0.25, 0.3) is 0 Å². The molecule has 58 heavy (non-hydrogen) atoms. The summed E-state index contributed by atoms with van der Waals surface area (Å²) in [5, 5.41) is 74.5. The van der Waals surface area contributed by atoms with Gasteiger partial charge < -0.3 is 59.4 Å². The molecule has 328 valence electrons. The van der Waals surface area contributed by atoms with Crippen molar-refractivity contribution >= 4 is 17.9 Å². The lowest BCUT2D eigenvalue weighted by Crippen LogP contribution is -2.67. The van der Waals surface area contributed by atoms with Crippen molar-refractivity contribution in [3.05, 3.63) is 11.6 Å². The molecule has 0 aromatic rings. The molecule has 7 aliphatic rings. The highest BCUT2D eigenvalue weighted by atomic mass is 16.7. The van der Waals surface area contributed by atoms with Crippen LogP contribution in [-0.2, 0) is 38.1 Å². The van der Waals surface area contributed by atoms with Crippen molar-refractivity contribution < 1.29 is 73.8 Å². The summed E-state index contributed by atoms with van der Waals surface area (Å²) in [6.07, 6.45) is -7.74. The van der Waals surface area contributed by atoms with E-state index in [1.165, 1.54) is 19.6 Å². The summed E-state index contributed by atoms with van der Waals surface area (Å²) >= 11 is 0. The van der Waals surface area contributed by atoms with Crippen LogP contribution in [0.3, 0.4) is 0 Å². The molecule has 4 saturated carbocycles. The number of hydrogen-bond acceptors (Lipinski definition) is 13. The van der Waals surface area contributed by atoms with Gasteiger partial charge in [0, 0.05) is 0 Å². The average molecular weight is 823 g/mol. The van der Waals surface area contributed by atoms with Gasteiger partial charge in [-0.05, 0) is 117 Å². The fourth-order valence-corrected chi connectivity index (χ4v) is 13.9. The summed E-state index contributed by atoms with van der Waals surface area (Å²) in [5.41, 5.74) is -1.61. The number of hydrogen-bond donors (Lipinski definition) is 7. The number of rotatable bonds is 7. The highest BCUT2D eigenvalue weighted by Crippen LogP contribution is 2.76. The number of aliphatic hydroxyl groups is 5. The van der Waals surface area contributed by atoms with E-state index in [2.05, 4.69) is 40.7 Å². The smallest absolute Gasteiger partial charge is 0.335 e. The molecule has 6 fully saturated rings. The Morgan fingerprint density at radius 3 is 2.03 bits per heavy atom. The summed E-state index contributed by atoms with van der Waals surface area (Å²) in [5.74, 6) is -2.46. The zero-order valence-electron chi connectivity index (χ0n) is 35.1. The fourth-order valence-electron chi connectivity index (χ4n) is 13.9. The second kappa shape index (κ2) is 14.7. The summed E-state index contributed by atoms with van der Waals surface area (Å²) in [7, 11) is 1.40. The Bertz CT molecular complexity index is 1670. The summed E-state index contributed by atoms with van der Waals surface area (Å²) in [6.45, 7) is 14.7. The first-order valence-corrected chi connectivity index (χ1v) is 21.2. The molecule has 2 saturated heterocycles. The van der Waals surface area contributed by atoms with Crippen molar-refractivity contribution in [2.45, 2.75) is 180 Å². The van der Waals surface area contributed by atoms with Crippen LogP contribution in [-0.4, -0.2) is 128 Å². The van der Waals surface area contributed by atoms with Gasteiger partial charge in [0.1, 0.15) is 36.6 Å². The average Bonchev–Trinajstić information content (AvgIpc) is 3.16. The van der Waals surface area contributed by atoms with E-state index >= 15 is 0 Å². The van der Waals surface area contributed by atoms with Crippen molar-refractivity contribution in [1.82, 2.24) is 0 Å². The van der Waals surface area contributed by atoms with Crippen molar-refractivity contribution in [1.29, 1.82) is 0 Å². The van der Waals surface area contributed by atoms with E-state index in [1.807, 2.05) is 6.92 Å². The molecule has 7 rings (SSSR count). The molecular formula is C43H66O15. The molecule has 0 unspecified atom stereocenters. The normalized spacial score (nSPS) is 52.5. The third kappa shape index (κ3) is 6.26. The van der Waals surface area contributed by atoms with Gasteiger partial charge in [-0.25, -0.2) is 4.79 Å². The third-order valence-electron chi connectivity index (χ3n) is 17.6. The van der Waals surface area contributed by atoms with Gasteiger partial charge in [-0.2, -0.15) is 0 Å². The van der Waals surface area contributed by atoms with Gasteiger partial charge in [0.15, 0.2) is 18.7 Å². The molecule has 2 heterocycles. The molecule has 5 aliphatic carbocycles. The number of methoxy groups -OCH3 is 1. The monoisotopic (exact) mass is 822 g/mol. The number of esters is 1. The second-order valence-electron chi connectivity index (χ2n) is 20.6. The SMILES string of the molecule is COC(=O)[C@@]1(C)CC[C@]2(C(=O)O)CC[C@]3(C)C(=CC[C@@H]4[C@@]5(C)CC[C@H](O[C@@H]6O[C@H](C(=O)O)[C@@H](O)[C@H](O[C@@H]7O[C@@H](C)[C@H](O)[C@@H](O)[C@H]7O)[C@H]6O)C(C)(C)[C@@H]5CC[C@]43C)[C@@H]2C1.